The van der Waals surface area contributed by atoms with Crippen LogP contribution in [-0.4, -0.2) is 43.7 Å². The molecule has 0 aliphatic carbocycles. The van der Waals surface area contributed by atoms with E-state index in [0.29, 0.717) is 42.3 Å². The molecular weight excluding hydrogens is 602 g/mol. The van der Waals surface area contributed by atoms with Crippen molar-refractivity contribution < 1.29 is 23.7 Å². The van der Waals surface area contributed by atoms with Crippen LogP contribution in [-0.2, 0) is 24.2 Å². The molecule has 5 rings (SSSR count). The lowest BCUT2D eigenvalue weighted by Gasteiger charge is -2.16. The molecule has 240 valence electrons. The third kappa shape index (κ3) is 7.23. The largest absolute Gasteiger partial charge is 0.496 e. The standard InChI is InChI=1S/C37H40ClN3O5/c1-24(20-26-15-17-33(45-4)37(46-5)36(26)38)13-18-35(42)39-23-29-30(41-19-9-8-12-34(41)40-29)22-27-21-25(14-16-31(27)43-2)28-10-6-7-11-32(28)44-3/h6-12,14-17,19,21,24H,13,18,20,22-23H2,1-5H3,(H,39,42). The number of hydrogen-bond donors (Lipinski definition) is 1. The predicted molar refractivity (Wildman–Crippen MR) is 181 cm³/mol. The van der Waals surface area contributed by atoms with E-state index in [0.717, 1.165) is 57.2 Å². The minimum Gasteiger partial charge on any atom is -0.496 e. The predicted octanol–water partition coefficient (Wildman–Crippen LogP) is 7.56. The van der Waals surface area contributed by atoms with E-state index < -0.39 is 0 Å². The molecule has 0 fully saturated rings. The lowest BCUT2D eigenvalue weighted by molar-refractivity contribution is -0.121. The van der Waals surface area contributed by atoms with Crippen LogP contribution in [0.5, 0.6) is 23.0 Å². The maximum Gasteiger partial charge on any atom is 0.220 e. The zero-order chi connectivity index (χ0) is 32.6. The molecule has 0 spiro atoms. The summed E-state index contributed by atoms with van der Waals surface area (Å²) in [4.78, 5) is 17.9. The summed E-state index contributed by atoms with van der Waals surface area (Å²) in [5.41, 5.74) is 6.63. The molecule has 3 aromatic carbocycles. The Kier molecular flexibility index (Phi) is 10.7. The van der Waals surface area contributed by atoms with Crippen molar-refractivity contribution >= 4 is 23.2 Å². The van der Waals surface area contributed by atoms with Gasteiger partial charge in [-0.25, -0.2) is 4.98 Å². The molecule has 0 saturated heterocycles. The van der Waals surface area contributed by atoms with Crippen molar-refractivity contribution in [3.8, 4) is 34.1 Å². The summed E-state index contributed by atoms with van der Waals surface area (Å²) < 4.78 is 24.2. The van der Waals surface area contributed by atoms with E-state index in [1.54, 1.807) is 28.4 Å². The molecule has 1 unspecified atom stereocenters. The molecule has 1 N–H and O–H groups in total. The number of rotatable bonds is 14. The Balaban J connectivity index is 1.29. The van der Waals surface area contributed by atoms with Crippen LogP contribution in [0, 0.1) is 5.92 Å². The van der Waals surface area contributed by atoms with Crippen molar-refractivity contribution in [3.05, 3.63) is 107 Å². The number of hydrogen-bond acceptors (Lipinski definition) is 6. The molecule has 1 atom stereocenters. The Morgan fingerprint density at radius 1 is 0.870 bits per heavy atom. The van der Waals surface area contributed by atoms with Gasteiger partial charge < -0.3 is 28.7 Å². The highest BCUT2D eigenvalue weighted by Gasteiger charge is 2.19. The number of aromatic nitrogens is 2. The number of ether oxygens (including phenoxy) is 4. The van der Waals surface area contributed by atoms with Crippen LogP contribution in [0.2, 0.25) is 5.02 Å². The number of methoxy groups -OCH3 is 4. The summed E-state index contributed by atoms with van der Waals surface area (Å²) in [7, 11) is 6.52. The van der Waals surface area contributed by atoms with Gasteiger partial charge in [-0.05, 0) is 66.3 Å². The molecule has 2 heterocycles. The Morgan fingerprint density at radius 2 is 1.61 bits per heavy atom. The first-order valence-electron chi connectivity index (χ1n) is 15.3. The van der Waals surface area contributed by atoms with Crippen molar-refractivity contribution in [2.45, 2.75) is 39.2 Å². The lowest BCUT2D eigenvalue weighted by atomic mass is 9.96. The van der Waals surface area contributed by atoms with Crippen molar-refractivity contribution in [1.29, 1.82) is 0 Å². The zero-order valence-corrected chi connectivity index (χ0v) is 27.7. The summed E-state index contributed by atoms with van der Waals surface area (Å²) in [5, 5.41) is 3.65. The zero-order valence-electron chi connectivity index (χ0n) is 26.9. The first kappa shape index (κ1) is 32.7. The van der Waals surface area contributed by atoms with Gasteiger partial charge in [-0.15, -0.1) is 0 Å². The van der Waals surface area contributed by atoms with E-state index in [-0.39, 0.29) is 11.8 Å². The van der Waals surface area contributed by atoms with Gasteiger partial charge in [0.05, 0.1) is 51.4 Å². The fourth-order valence-electron chi connectivity index (χ4n) is 5.79. The van der Waals surface area contributed by atoms with Crippen LogP contribution in [0.15, 0.2) is 79.0 Å². The Labute approximate surface area is 275 Å². The maximum absolute atomic E-state index is 13.0. The minimum atomic E-state index is -0.0241. The fraction of sp³-hybridized carbons (Fsp3) is 0.297. The van der Waals surface area contributed by atoms with Crippen LogP contribution in [0.1, 0.15) is 42.3 Å². The van der Waals surface area contributed by atoms with Crippen LogP contribution >= 0.6 is 11.6 Å². The molecule has 0 bridgehead atoms. The lowest BCUT2D eigenvalue weighted by Crippen LogP contribution is -2.24. The molecule has 0 radical (unpaired) electrons. The highest BCUT2D eigenvalue weighted by atomic mass is 35.5. The second-order valence-electron chi connectivity index (χ2n) is 11.2. The molecule has 8 nitrogen and oxygen atoms in total. The van der Waals surface area contributed by atoms with Gasteiger partial charge >= 0.3 is 0 Å². The van der Waals surface area contributed by atoms with Crippen molar-refractivity contribution in [2.24, 2.45) is 5.92 Å². The summed E-state index contributed by atoms with van der Waals surface area (Å²) in [6, 6.07) is 23.8. The summed E-state index contributed by atoms with van der Waals surface area (Å²) in [6.45, 7) is 2.44. The molecular formula is C37H40ClN3O5. The average Bonchev–Trinajstić information content (AvgIpc) is 3.43. The van der Waals surface area contributed by atoms with Gasteiger partial charge in [-0.2, -0.15) is 0 Å². The minimum absolute atomic E-state index is 0.0241. The van der Waals surface area contributed by atoms with E-state index in [2.05, 4.69) is 22.7 Å². The first-order valence-corrected chi connectivity index (χ1v) is 15.7. The van der Waals surface area contributed by atoms with Gasteiger partial charge in [0.1, 0.15) is 17.1 Å². The van der Waals surface area contributed by atoms with E-state index in [1.807, 2.05) is 72.9 Å². The van der Waals surface area contributed by atoms with E-state index in [4.69, 9.17) is 35.5 Å². The number of carbonyl (C=O) groups is 1. The van der Waals surface area contributed by atoms with E-state index in [9.17, 15) is 4.79 Å². The van der Waals surface area contributed by atoms with Gasteiger partial charge in [-0.1, -0.05) is 54.9 Å². The van der Waals surface area contributed by atoms with Gasteiger partial charge in [0.25, 0.3) is 0 Å². The highest BCUT2D eigenvalue weighted by Crippen LogP contribution is 2.38. The second kappa shape index (κ2) is 15.1. The van der Waals surface area contributed by atoms with Crippen molar-refractivity contribution in [2.75, 3.05) is 28.4 Å². The van der Waals surface area contributed by atoms with Gasteiger partial charge in [0.2, 0.25) is 5.91 Å². The smallest absolute Gasteiger partial charge is 0.220 e. The highest BCUT2D eigenvalue weighted by molar-refractivity contribution is 6.33. The SMILES string of the molecule is COc1ccc(-c2ccccc2OC)cc1Cc1c(CNC(=O)CCC(C)Cc2ccc(OC)c(OC)c2Cl)nc2ccccn12. The van der Waals surface area contributed by atoms with Crippen LogP contribution in [0.3, 0.4) is 0 Å². The number of halogens is 1. The molecule has 2 aromatic heterocycles. The van der Waals surface area contributed by atoms with Crippen molar-refractivity contribution in [1.82, 2.24) is 14.7 Å². The number of carbonyl (C=O) groups excluding carboxylic acids is 1. The van der Waals surface area contributed by atoms with Crippen LogP contribution in [0.25, 0.3) is 16.8 Å². The monoisotopic (exact) mass is 641 g/mol. The van der Waals surface area contributed by atoms with Crippen LogP contribution in [0.4, 0.5) is 0 Å². The van der Waals surface area contributed by atoms with Crippen LogP contribution < -0.4 is 24.3 Å². The van der Waals surface area contributed by atoms with Gasteiger partial charge in [0, 0.05) is 30.2 Å². The summed E-state index contributed by atoms with van der Waals surface area (Å²) in [5.74, 6) is 2.91. The third-order valence-corrected chi connectivity index (χ3v) is 8.63. The molecule has 9 heteroatoms. The molecule has 0 aliphatic rings. The summed E-state index contributed by atoms with van der Waals surface area (Å²) in [6.07, 6.45) is 4.38. The Morgan fingerprint density at radius 3 is 2.37 bits per heavy atom. The number of para-hydroxylation sites is 1. The molecule has 0 aliphatic heterocycles. The Bertz CT molecular complexity index is 1820. The maximum atomic E-state index is 13.0. The second-order valence-corrected chi connectivity index (χ2v) is 11.6. The topological polar surface area (TPSA) is 83.3 Å². The quantitative estimate of drug-likeness (QED) is 0.135. The first-order chi connectivity index (χ1) is 22.4. The number of benzene rings is 3. The van der Waals surface area contributed by atoms with Crippen molar-refractivity contribution in [3.63, 3.8) is 0 Å². The molecule has 1 amide bonds. The average molecular weight is 642 g/mol. The van der Waals surface area contributed by atoms with E-state index in [1.165, 1.54) is 0 Å². The number of pyridine rings is 1. The number of nitrogens with one attached hydrogen (secondary N) is 1. The number of nitrogens with zero attached hydrogens (tertiary/aromatic N) is 2. The number of imidazole rings is 1. The summed E-state index contributed by atoms with van der Waals surface area (Å²) >= 11 is 6.59. The number of fused-ring (bicyclic) bond motifs is 1. The van der Waals surface area contributed by atoms with Gasteiger partial charge in [0.15, 0.2) is 11.5 Å². The van der Waals surface area contributed by atoms with Gasteiger partial charge in [-0.3, -0.25) is 4.79 Å². The Hall–Kier alpha value is -4.69. The fourth-order valence-corrected chi connectivity index (χ4v) is 6.10. The normalized spacial score (nSPS) is 11.7. The third-order valence-electron chi connectivity index (χ3n) is 8.22. The number of amides is 1. The molecule has 5 aromatic rings. The molecule has 46 heavy (non-hydrogen) atoms. The van der Waals surface area contributed by atoms with E-state index >= 15 is 0 Å². The molecule has 0 saturated carbocycles.